The summed E-state index contributed by atoms with van der Waals surface area (Å²) >= 11 is 0. The molecule has 30 heavy (non-hydrogen) atoms. The number of carbonyl (C=O) groups excluding carboxylic acids is 3. The fraction of sp³-hybridized carbons (Fsp3) is 0.526. The van der Waals surface area contributed by atoms with E-state index >= 15 is 0 Å². The fourth-order valence-electron chi connectivity index (χ4n) is 3.31. The monoisotopic (exact) mass is 439 g/mol. The van der Waals surface area contributed by atoms with Crippen molar-refractivity contribution in [3.05, 3.63) is 18.2 Å². The first-order valence-electron chi connectivity index (χ1n) is 9.72. The molecule has 1 atom stereocenters. The van der Waals surface area contributed by atoms with Crippen molar-refractivity contribution >= 4 is 33.4 Å². The van der Waals surface area contributed by atoms with Gasteiger partial charge in [0.15, 0.2) is 16.4 Å². The first-order valence-corrected chi connectivity index (χ1v) is 11.3. The van der Waals surface area contributed by atoms with Crippen LogP contribution in [0.5, 0.6) is 5.75 Å². The van der Waals surface area contributed by atoms with Crippen molar-refractivity contribution in [2.75, 3.05) is 44.7 Å². The molecule has 3 amide bonds. The second-order valence-corrected chi connectivity index (χ2v) is 9.49. The minimum atomic E-state index is -3.79. The lowest BCUT2D eigenvalue weighted by Gasteiger charge is -2.34. The summed E-state index contributed by atoms with van der Waals surface area (Å²) in [5.41, 5.74) is 0.293. The molecule has 0 spiro atoms. The molecule has 1 aromatic carbocycles. The number of rotatable bonds is 5. The van der Waals surface area contributed by atoms with E-state index in [9.17, 15) is 22.8 Å². The van der Waals surface area contributed by atoms with Crippen LogP contribution in [0.2, 0.25) is 0 Å². The van der Waals surface area contributed by atoms with Crippen LogP contribution in [0.4, 0.5) is 10.5 Å². The molecule has 0 bridgehead atoms. The molecule has 0 radical (unpaired) electrons. The van der Waals surface area contributed by atoms with Crippen LogP contribution < -0.4 is 10.1 Å². The molecule has 11 heteroatoms. The Morgan fingerprint density at radius 3 is 2.53 bits per heavy atom. The molecule has 0 aromatic heterocycles. The lowest BCUT2D eigenvalue weighted by atomic mass is 10.2. The zero-order chi connectivity index (χ0) is 21.9. The third-order valence-corrected chi connectivity index (χ3v) is 7.20. The van der Waals surface area contributed by atoms with Crippen molar-refractivity contribution in [2.24, 2.45) is 0 Å². The molecule has 2 aliphatic heterocycles. The molecule has 2 aliphatic rings. The predicted molar refractivity (Wildman–Crippen MR) is 107 cm³/mol. The number of amides is 3. The molecule has 3 rings (SSSR count). The number of ether oxygens (including phenoxy) is 2. The number of sulfone groups is 1. The van der Waals surface area contributed by atoms with Crippen LogP contribution >= 0.6 is 0 Å². The SMILES string of the molecule is CCOC(=O)N1CCN(C(=O)CC(C)S(=O)(=O)c2ccc3c(c2)NC(=O)CO3)CC1. The predicted octanol–water partition coefficient (Wildman–Crippen LogP) is 0.871. The van der Waals surface area contributed by atoms with Gasteiger partial charge >= 0.3 is 6.09 Å². The molecule has 1 unspecified atom stereocenters. The molecule has 1 fully saturated rings. The normalized spacial score (nSPS) is 17.5. The number of nitrogens with one attached hydrogen (secondary N) is 1. The van der Waals surface area contributed by atoms with Crippen LogP contribution in [0.3, 0.4) is 0 Å². The minimum Gasteiger partial charge on any atom is -0.482 e. The van der Waals surface area contributed by atoms with Crippen LogP contribution in [0.1, 0.15) is 20.3 Å². The minimum absolute atomic E-state index is 0.0134. The van der Waals surface area contributed by atoms with Crippen molar-refractivity contribution in [3.63, 3.8) is 0 Å². The van der Waals surface area contributed by atoms with Gasteiger partial charge in [-0.15, -0.1) is 0 Å². The highest BCUT2D eigenvalue weighted by Gasteiger charge is 2.31. The molecule has 2 heterocycles. The second kappa shape index (κ2) is 8.90. The number of benzene rings is 1. The van der Waals surface area contributed by atoms with Gasteiger partial charge in [0.1, 0.15) is 5.75 Å². The van der Waals surface area contributed by atoms with Crippen LogP contribution in [-0.2, 0) is 24.2 Å². The molecule has 10 nitrogen and oxygen atoms in total. The zero-order valence-corrected chi connectivity index (χ0v) is 17.7. The number of fused-ring (bicyclic) bond motifs is 1. The van der Waals surface area contributed by atoms with Gasteiger partial charge in [-0.3, -0.25) is 9.59 Å². The maximum atomic E-state index is 12.9. The number of carbonyl (C=O) groups is 3. The Balaban J connectivity index is 1.62. The van der Waals surface area contributed by atoms with Crippen LogP contribution in [0.15, 0.2) is 23.1 Å². The van der Waals surface area contributed by atoms with Crippen molar-refractivity contribution < 1.29 is 32.3 Å². The summed E-state index contributed by atoms with van der Waals surface area (Å²) in [4.78, 5) is 38.9. The lowest BCUT2D eigenvalue weighted by molar-refractivity contribution is -0.132. The molecule has 1 N–H and O–H groups in total. The van der Waals surface area contributed by atoms with Gasteiger partial charge in [-0.1, -0.05) is 0 Å². The Labute approximate surface area is 175 Å². The molecule has 1 aromatic rings. The summed E-state index contributed by atoms with van der Waals surface area (Å²) in [7, 11) is -3.79. The smallest absolute Gasteiger partial charge is 0.409 e. The van der Waals surface area contributed by atoms with Crippen molar-refractivity contribution in [3.8, 4) is 5.75 Å². The molecule has 164 valence electrons. The Bertz CT molecular complexity index is 939. The maximum Gasteiger partial charge on any atom is 0.409 e. The van der Waals surface area contributed by atoms with E-state index < -0.39 is 21.2 Å². The number of hydrogen-bond acceptors (Lipinski definition) is 7. The Morgan fingerprint density at radius 1 is 1.20 bits per heavy atom. The van der Waals surface area contributed by atoms with E-state index in [-0.39, 0.29) is 36.3 Å². The van der Waals surface area contributed by atoms with Gasteiger partial charge in [-0.2, -0.15) is 0 Å². The van der Waals surface area contributed by atoms with Crippen LogP contribution in [0, 0.1) is 0 Å². The Kier molecular flexibility index (Phi) is 6.49. The Morgan fingerprint density at radius 2 is 1.87 bits per heavy atom. The second-order valence-electron chi connectivity index (χ2n) is 7.12. The zero-order valence-electron chi connectivity index (χ0n) is 16.9. The molecular formula is C19H25N3O7S. The lowest BCUT2D eigenvalue weighted by Crippen LogP contribution is -2.51. The van der Waals surface area contributed by atoms with Crippen molar-refractivity contribution in [2.45, 2.75) is 30.4 Å². The summed E-state index contributed by atoms with van der Waals surface area (Å²) in [6.45, 7) is 4.71. The average molecular weight is 439 g/mol. The highest BCUT2D eigenvalue weighted by Crippen LogP contribution is 2.31. The maximum absolute atomic E-state index is 12.9. The summed E-state index contributed by atoms with van der Waals surface area (Å²) in [5.74, 6) is -0.247. The van der Waals surface area contributed by atoms with Gasteiger partial charge in [0, 0.05) is 32.6 Å². The van der Waals surface area contributed by atoms with Gasteiger partial charge in [0.25, 0.3) is 5.91 Å². The van der Waals surface area contributed by atoms with Gasteiger partial charge < -0.3 is 24.6 Å². The molecule has 0 saturated carbocycles. The van der Waals surface area contributed by atoms with Gasteiger partial charge in [0.05, 0.1) is 22.4 Å². The summed E-state index contributed by atoms with van der Waals surface area (Å²) in [6, 6.07) is 4.25. The highest BCUT2D eigenvalue weighted by atomic mass is 32.2. The van der Waals surface area contributed by atoms with Crippen LogP contribution in [-0.4, -0.2) is 80.8 Å². The highest BCUT2D eigenvalue weighted by molar-refractivity contribution is 7.92. The molecule has 0 aliphatic carbocycles. The standard InChI is InChI=1S/C19H25N3O7S/c1-3-28-19(25)22-8-6-21(7-9-22)18(24)10-13(2)30(26,27)14-4-5-16-15(11-14)20-17(23)12-29-16/h4-5,11,13H,3,6-10,12H2,1-2H3,(H,20,23). The summed E-state index contributed by atoms with van der Waals surface area (Å²) < 4.78 is 36.1. The number of anilines is 1. The van der Waals surface area contributed by atoms with Crippen LogP contribution in [0.25, 0.3) is 0 Å². The van der Waals surface area contributed by atoms with Gasteiger partial charge in [0.2, 0.25) is 5.91 Å². The largest absolute Gasteiger partial charge is 0.482 e. The number of hydrogen-bond donors (Lipinski definition) is 1. The van der Waals surface area contributed by atoms with E-state index in [0.717, 1.165) is 0 Å². The van der Waals surface area contributed by atoms with E-state index in [4.69, 9.17) is 9.47 Å². The van der Waals surface area contributed by atoms with Crippen molar-refractivity contribution in [1.82, 2.24) is 9.80 Å². The third kappa shape index (κ3) is 4.66. The first kappa shape index (κ1) is 21.9. The van der Waals surface area contributed by atoms with E-state index in [2.05, 4.69) is 5.32 Å². The van der Waals surface area contributed by atoms with E-state index in [1.165, 1.54) is 30.0 Å². The number of nitrogens with zero attached hydrogens (tertiary/aromatic N) is 2. The number of piperazine rings is 1. The average Bonchev–Trinajstić information content (AvgIpc) is 2.73. The fourth-order valence-corrected chi connectivity index (χ4v) is 4.68. The Hall–Kier alpha value is -2.82. The van der Waals surface area contributed by atoms with E-state index in [0.29, 0.717) is 37.6 Å². The summed E-state index contributed by atoms with van der Waals surface area (Å²) in [5, 5.41) is 1.63. The topological polar surface area (TPSA) is 122 Å². The molecular weight excluding hydrogens is 414 g/mol. The van der Waals surface area contributed by atoms with Crippen molar-refractivity contribution in [1.29, 1.82) is 0 Å². The quantitative estimate of drug-likeness (QED) is 0.722. The van der Waals surface area contributed by atoms with Gasteiger partial charge in [-0.25, -0.2) is 13.2 Å². The third-order valence-electron chi connectivity index (χ3n) is 5.06. The summed E-state index contributed by atoms with van der Waals surface area (Å²) in [6.07, 6.45) is -0.592. The van der Waals surface area contributed by atoms with Gasteiger partial charge in [-0.05, 0) is 32.0 Å². The van der Waals surface area contributed by atoms with E-state index in [1.807, 2.05) is 0 Å². The molecule has 1 saturated heterocycles. The van der Waals surface area contributed by atoms with E-state index in [1.54, 1.807) is 11.8 Å². The first-order chi connectivity index (χ1) is 14.2.